The third kappa shape index (κ3) is 4.87. The van der Waals surface area contributed by atoms with E-state index in [1.165, 1.54) is 6.07 Å². The summed E-state index contributed by atoms with van der Waals surface area (Å²) < 4.78 is 27.7. The van der Waals surface area contributed by atoms with Crippen LogP contribution >= 0.6 is 0 Å². The number of hydrogen-bond donors (Lipinski definition) is 0. The Morgan fingerprint density at radius 2 is 1.78 bits per heavy atom. The lowest BCUT2D eigenvalue weighted by molar-refractivity contribution is 0.594. The number of fused-ring (bicyclic) bond motifs is 3. The van der Waals surface area contributed by atoms with Gasteiger partial charge in [0.1, 0.15) is 5.82 Å². The Kier molecular flexibility index (Phi) is 7.18. The standard InChI is InChI=1S/C28H34N4O3S/c1-7-13-36(34,35)22-10-8-9-21(16-22)27-23-14-20(6)15-24(32(18(2)3)19(4)5)28(23)31-12-11-26(33)30-25(31)17-29-27/h8-12,14-16,18-19H,7,13,17H2,1-6H3. The highest BCUT2D eigenvalue weighted by Crippen LogP contribution is 2.36. The molecule has 0 spiro atoms. The van der Waals surface area contributed by atoms with Crippen molar-refractivity contribution in [2.24, 2.45) is 4.99 Å². The Morgan fingerprint density at radius 1 is 1.06 bits per heavy atom. The summed E-state index contributed by atoms with van der Waals surface area (Å²) in [5.41, 5.74) is 4.96. The number of aliphatic imine (C=N–C) groups is 1. The van der Waals surface area contributed by atoms with Gasteiger partial charge in [-0.25, -0.2) is 8.42 Å². The van der Waals surface area contributed by atoms with E-state index in [9.17, 15) is 13.2 Å². The minimum atomic E-state index is -3.39. The fourth-order valence-corrected chi connectivity index (χ4v) is 6.37. The Bertz CT molecular complexity index is 1480. The smallest absolute Gasteiger partial charge is 0.272 e. The van der Waals surface area contributed by atoms with Crippen molar-refractivity contribution >= 4 is 21.2 Å². The molecule has 2 aromatic carbocycles. The molecule has 0 atom stereocenters. The molecule has 0 amide bonds. The highest BCUT2D eigenvalue weighted by Gasteiger charge is 2.27. The second-order valence-corrected chi connectivity index (χ2v) is 11.9. The zero-order valence-corrected chi connectivity index (χ0v) is 22.6. The number of anilines is 1. The maximum atomic E-state index is 12.8. The second kappa shape index (κ2) is 10.0. The highest BCUT2D eigenvalue weighted by atomic mass is 32.2. The quantitative estimate of drug-likeness (QED) is 0.464. The first-order chi connectivity index (χ1) is 17.0. The van der Waals surface area contributed by atoms with E-state index in [0.717, 1.165) is 28.1 Å². The van der Waals surface area contributed by atoms with Gasteiger partial charge in [-0.3, -0.25) is 9.79 Å². The Labute approximate surface area is 213 Å². The average Bonchev–Trinajstić information content (AvgIpc) is 2.95. The van der Waals surface area contributed by atoms with Crippen LogP contribution in [0, 0.1) is 6.92 Å². The predicted octanol–water partition coefficient (Wildman–Crippen LogP) is 4.70. The fourth-order valence-electron chi connectivity index (χ4n) is 5.01. The van der Waals surface area contributed by atoms with Crippen LogP contribution in [-0.4, -0.2) is 41.5 Å². The Balaban J connectivity index is 2.05. The molecule has 0 saturated carbocycles. The van der Waals surface area contributed by atoms with Gasteiger partial charge in [-0.1, -0.05) is 19.1 Å². The number of rotatable bonds is 7. The first kappa shape index (κ1) is 25.8. The molecule has 1 aromatic heterocycles. The van der Waals surface area contributed by atoms with Crippen molar-refractivity contribution in [3.63, 3.8) is 0 Å². The molecule has 0 N–H and O–H groups in total. The Morgan fingerprint density at radius 3 is 2.44 bits per heavy atom. The van der Waals surface area contributed by atoms with Crippen molar-refractivity contribution in [2.75, 3.05) is 10.7 Å². The van der Waals surface area contributed by atoms with Gasteiger partial charge in [-0.05, 0) is 70.9 Å². The minimum absolute atomic E-state index is 0.0952. The number of aryl methyl sites for hydroxylation is 1. The molecule has 190 valence electrons. The van der Waals surface area contributed by atoms with Gasteiger partial charge >= 0.3 is 0 Å². The zero-order chi connectivity index (χ0) is 26.2. The van der Waals surface area contributed by atoms with Gasteiger partial charge < -0.3 is 9.47 Å². The molecule has 8 heteroatoms. The van der Waals surface area contributed by atoms with E-state index in [1.807, 2.05) is 17.6 Å². The van der Waals surface area contributed by atoms with E-state index in [1.54, 1.807) is 24.4 Å². The van der Waals surface area contributed by atoms with E-state index >= 15 is 0 Å². The van der Waals surface area contributed by atoms with E-state index in [-0.39, 0.29) is 29.9 Å². The summed E-state index contributed by atoms with van der Waals surface area (Å²) in [4.78, 5) is 24.0. The highest BCUT2D eigenvalue weighted by molar-refractivity contribution is 7.91. The predicted molar refractivity (Wildman–Crippen MR) is 145 cm³/mol. The maximum absolute atomic E-state index is 12.8. The molecule has 1 aliphatic rings. The van der Waals surface area contributed by atoms with E-state index in [2.05, 4.69) is 56.6 Å². The Hall–Kier alpha value is -3.26. The topological polar surface area (TPSA) is 84.6 Å². The van der Waals surface area contributed by atoms with Crippen molar-refractivity contribution in [3.8, 4) is 5.69 Å². The molecule has 4 rings (SSSR count). The second-order valence-electron chi connectivity index (χ2n) is 9.84. The first-order valence-corrected chi connectivity index (χ1v) is 14.1. The van der Waals surface area contributed by atoms with Crippen molar-refractivity contribution in [3.05, 3.63) is 81.5 Å². The van der Waals surface area contributed by atoms with E-state index in [4.69, 9.17) is 4.99 Å². The maximum Gasteiger partial charge on any atom is 0.272 e. The molecule has 0 saturated heterocycles. The van der Waals surface area contributed by atoms with Gasteiger partial charge in [0, 0.05) is 35.5 Å². The number of sulfone groups is 1. The first-order valence-electron chi connectivity index (χ1n) is 12.4. The number of benzene rings is 2. The van der Waals surface area contributed by atoms with Crippen LogP contribution in [0.2, 0.25) is 0 Å². The molecule has 3 aromatic rings. The van der Waals surface area contributed by atoms with Gasteiger partial charge in [0.15, 0.2) is 9.84 Å². The molecule has 0 unspecified atom stereocenters. The number of hydrogen-bond acceptors (Lipinski definition) is 6. The van der Waals surface area contributed by atoms with Gasteiger partial charge in [-0.2, -0.15) is 4.98 Å². The molecule has 0 fully saturated rings. The number of nitrogens with zero attached hydrogens (tertiary/aromatic N) is 4. The summed E-state index contributed by atoms with van der Waals surface area (Å²) in [6.07, 6.45) is 2.32. The van der Waals surface area contributed by atoms with Gasteiger partial charge in [0.05, 0.1) is 34.3 Å². The molecule has 1 aliphatic heterocycles. The molecule has 0 aliphatic carbocycles. The number of aromatic nitrogens is 2. The van der Waals surface area contributed by atoms with Gasteiger partial charge in [-0.15, -0.1) is 0 Å². The van der Waals surface area contributed by atoms with Crippen LogP contribution in [0.3, 0.4) is 0 Å². The average molecular weight is 507 g/mol. The van der Waals surface area contributed by atoms with Gasteiger partial charge in [0.2, 0.25) is 0 Å². The van der Waals surface area contributed by atoms with Crippen molar-refractivity contribution in [1.82, 2.24) is 9.55 Å². The summed E-state index contributed by atoms with van der Waals surface area (Å²) in [7, 11) is -3.39. The molecule has 0 radical (unpaired) electrons. The molecular weight excluding hydrogens is 472 g/mol. The molecular formula is C28H34N4O3S. The van der Waals surface area contributed by atoms with Crippen molar-refractivity contribution in [1.29, 1.82) is 0 Å². The van der Waals surface area contributed by atoms with Crippen molar-refractivity contribution < 1.29 is 8.42 Å². The lowest BCUT2D eigenvalue weighted by Gasteiger charge is -2.36. The lowest BCUT2D eigenvalue weighted by Crippen LogP contribution is -2.38. The monoisotopic (exact) mass is 506 g/mol. The summed E-state index contributed by atoms with van der Waals surface area (Å²) >= 11 is 0. The summed E-state index contributed by atoms with van der Waals surface area (Å²) in [5.74, 6) is 0.643. The van der Waals surface area contributed by atoms with Crippen LogP contribution in [-0.2, 0) is 16.4 Å². The lowest BCUT2D eigenvalue weighted by atomic mass is 9.96. The molecule has 7 nitrogen and oxygen atoms in total. The van der Waals surface area contributed by atoms with Crippen molar-refractivity contribution in [2.45, 2.75) is 71.5 Å². The van der Waals surface area contributed by atoms with E-state index in [0.29, 0.717) is 22.9 Å². The fraction of sp³-hybridized carbons (Fsp3) is 0.393. The van der Waals surface area contributed by atoms with Crippen LogP contribution in [0.4, 0.5) is 5.69 Å². The third-order valence-corrected chi connectivity index (χ3v) is 8.24. The summed E-state index contributed by atoms with van der Waals surface area (Å²) in [6.45, 7) is 12.8. The van der Waals surface area contributed by atoms with E-state index < -0.39 is 9.84 Å². The third-order valence-electron chi connectivity index (χ3n) is 6.32. The largest absolute Gasteiger partial charge is 0.365 e. The van der Waals surface area contributed by atoms with Crippen LogP contribution in [0.5, 0.6) is 0 Å². The zero-order valence-electron chi connectivity index (χ0n) is 21.8. The van der Waals surface area contributed by atoms with Crippen LogP contribution in [0.1, 0.15) is 63.6 Å². The van der Waals surface area contributed by atoms with Gasteiger partial charge in [0.25, 0.3) is 5.56 Å². The van der Waals surface area contributed by atoms with Crippen LogP contribution in [0.15, 0.2) is 63.3 Å². The molecule has 2 heterocycles. The van der Waals surface area contributed by atoms with Crippen LogP contribution in [0.25, 0.3) is 5.69 Å². The minimum Gasteiger partial charge on any atom is -0.365 e. The molecule has 36 heavy (non-hydrogen) atoms. The van der Waals surface area contributed by atoms with Crippen LogP contribution < -0.4 is 10.5 Å². The normalized spacial score (nSPS) is 13.3. The SMILES string of the molecule is CCCS(=O)(=O)c1cccc(C2=NCc3nc(=O)ccn3-c3c2cc(C)cc3N(C(C)C)C(C)C)c1. The summed E-state index contributed by atoms with van der Waals surface area (Å²) in [5, 5.41) is 0. The summed E-state index contributed by atoms with van der Waals surface area (Å²) in [6, 6.07) is 13.2. The molecule has 0 bridgehead atoms.